The van der Waals surface area contributed by atoms with Gasteiger partial charge < -0.3 is 16.2 Å². The van der Waals surface area contributed by atoms with E-state index >= 15 is 0 Å². The highest BCUT2D eigenvalue weighted by Crippen LogP contribution is 2.41. The quantitative estimate of drug-likeness (QED) is 0.750. The molecule has 1 aromatic carbocycles. The molecule has 0 fully saturated rings. The van der Waals surface area contributed by atoms with Gasteiger partial charge in [0, 0.05) is 21.8 Å². The third-order valence-corrected chi connectivity index (χ3v) is 5.65. The van der Waals surface area contributed by atoms with Crippen LogP contribution in [-0.4, -0.2) is 25.5 Å². The van der Waals surface area contributed by atoms with E-state index in [1.54, 1.807) is 6.07 Å². The van der Waals surface area contributed by atoms with Crippen LogP contribution in [0.3, 0.4) is 0 Å². The lowest BCUT2D eigenvalue weighted by atomic mass is 10.0. The van der Waals surface area contributed by atoms with Crippen molar-refractivity contribution in [1.82, 2.24) is 9.97 Å². The Labute approximate surface area is 149 Å². The first kappa shape index (κ1) is 18.6. The van der Waals surface area contributed by atoms with Crippen LogP contribution in [0.4, 0.5) is 11.8 Å². The van der Waals surface area contributed by atoms with E-state index in [1.807, 2.05) is 13.8 Å². The molecule has 24 heavy (non-hydrogen) atoms. The Bertz CT molecular complexity index is 873. The van der Waals surface area contributed by atoms with E-state index in [9.17, 15) is 8.42 Å². The van der Waals surface area contributed by atoms with Gasteiger partial charge in [-0.05, 0) is 23.6 Å². The van der Waals surface area contributed by atoms with Gasteiger partial charge in [-0.15, -0.1) is 0 Å². The third-order valence-electron chi connectivity index (χ3n) is 3.20. The first-order chi connectivity index (χ1) is 11.1. The van der Waals surface area contributed by atoms with E-state index in [0.29, 0.717) is 9.79 Å². The summed E-state index contributed by atoms with van der Waals surface area (Å²) in [5, 5.41) is 0. The van der Waals surface area contributed by atoms with Gasteiger partial charge in [0.05, 0.1) is 12.0 Å². The van der Waals surface area contributed by atoms with Gasteiger partial charge in [-0.25, -0.2) is 13.4 Å². The van der Waals surface area contributed by atoms with E-state index in [4.69, 9.17) is 26.9 Å². The number of anilines is 2. The Balaban J connectivity index is 2.62. The van der Waals surface area contributed by atoms with Gasteiger partial charge in [-0.1, -0.05) is 25.6 Å². The fourth-order valence-corrected chi connectivity index (χ4v) is 4.20. The summed E-state index contributed by atoms with van der Waals surface area (Å²) < 4.78 is 28.8. The van der Waals surface area contributed by atoms with Gasteiger partial charge in [0.2, 0.25) is 5.95 Å². The zero-order valence-electron chi connectivity index (χ0n) is 13.3. The number of benzene rings is 1. The molecule has 0 amide bonds. The third kappa shape index (κ3) is 4.03. The zero-order valence-corrected chi connectivity index (χ0v) is 15.7. The minimum atomic E-state index is -3.97. The molecule has 2 rings (SSSR count). The molecule has 0 unspecified atom stereocenters. The van der Waals surface area contributed by atoms with Crippen LogP contribution in [0.15, 0.2) is 33.0 Å². The van der Waals surface area contributed by atoms with E-state index in [0.717, 1.165) is 5.56 Å². The van der Waals surface area contributed by atoms with Gasteiger partial charge in [0.15, 0.2) is 0 Å². The molecule has 10 heteroatoms. The van der Waals surface area contributed by atoms with Crippen molar-refractivity contribution in [3.05, 3.63) is 23.9 Å². The van der Waals surface area contributed by atoms with Crippen molar-refractivity contribution < 1.29 is 13.2 Å². The maximum absolute atomic E-state index is 11.8. The summed E-state index contributed by atoms with van der Waals surface area (Å²) in [6.07, 6.45) is 1.49. The maximum atomic E-state index is 11.8. The molecule has 2 aromatic rings. The number of aromatic nitrogens is 2. The number of methoxy groups -OCH3 is 1. The lowest BCUT2D eigenvalue weighted by molar-refractivity contribution is 0.401. The van der Waals surface area contributed by atoms with E-state index < -0.39 is 9.05 Å². The summed E-state index contributed by atoms with van der Waals surface area (Å²) in [7, 11) is 2.94. The van der Waals surface area contributed by atoms with Crippen molar-refractivity contribution >= 4 is 43.3 Å². The van der Waals surface area contributed by atoms with Crippen molar-refractivity contribution in [3.8, 4) is 5.75 Å². The summed E-state index contributed by atoms with van der Waals surface area (Å²) >= 11 is 1.24. The number of nitrogens with zero attached hydrogens (tertiary/aromatic N) is 2. The lowest BCUT2D eigenvalue weighted by Crippen LogP contribution is -2.02. The van der Waals surface area contributed by atoms with Crippen molar-refractivity contribution in [3.63, 3.8) is 0 Å². The average molecular weight is 389 g/mol. The summed E-state index contributed by atoms with van der Waals surface area (Å²) in [5.41, 5.74) is 12.2. The standard InChI is InChI=1S/C14H17ClN4O3S2/c1-7(2)8-4-9(22-3)12(24(15,20)21)5-10(8)23-11-6-18-14(17)19-13(11)16/h4-7H,1-3H3,(H4,16,17,18,19). The highest BCUT2D eigenvalue weighted by atomic mass is 35.7. The first-order valence-electron chi connectivity index (χ1n) is 6.86. The number of hydrogen-bond donors (Lipinski definition) is 2. The fraction of sp³-hybridized carbons (Fsp3) is 0.286. The Hall–Kier alpha value is -1.71. The highest BCUT2D eigenvalue weighted by Gasteiger charge is 2.22. The second-order valence-electron chi connectivity index (χ2n) is 5.21. The van der Waals surface area contributed by atoms with Crippen LogP contribution < -0.4 is 16.2 Å². The summed E-state index contributed by atoms with van der Waals surface area (Å²) in [4.78, 5) is 8.95. The molecule has 0 spiro atoms. The number of ether oxygens (including phenoxy) is 1. The van der Waals surface area contributed by atoms with Gasteiger partial charge in [-0.2, -0.15) is 4.98 Å². The fourth-order valence-electron chi connectivity index (χ4n) is 2.04. The van der Waals surface area contributed by atoms with E-state index in [2.05, 4.69) is 9.97 Å². The molecule has 1 aromatic heterocycles. The largest absolute Gasteiger partial charge is 0.495 e. The maximum Gasteiger partial charge on any atom is 0.265 e. The minimum Gasteiger partial charge on any atom is -0.495 e. The molecule has 0 saturated carbocycles. The van der Waals surface area contributed by atoms with Gasteiger partial charge >= 0.3 is 0 Å². The Morgan fingerprint density at radius 2 is 1.92 bits per heavy atom. The number of nitrogen functional groups attached to an aromatic ring is 2. The predicted octanol–water partition coefficient (Wildman–Crippen LogP) is 2.85. The summed E-state index contributed by atoms with van der Waals surface area (Å²) in [6, 6.07) is 3.13. The molecular weight excluding hydrogens is 372 g/mol. The molecule has 1 heterocycles. The molecular formula is C14H17ClN4O3S2. The molecule has 0 radical (unpaired) electrons. The van der Waals surface area contributed by atoms with Crippen LogP contribution in [0.2, 0.25) is 0 Å². The van der Waals surface area contributed by atoms with Gasteiger partial charge in [0.1, 0.15) is 16.5 Å². The van der Waals surface area contributed by atoms with E-state index in [1.165, 1.54) is 31.1 Å². The Morgan fingerprint density at radius 1 is 1.25 bits per heavy atom. The molecule has 0 bridgehead atoms. The molecule has 4 N–H and O–H groups in total. The summed E-state index contributed by atoms with van der Waals surface area (Å²) in [6.45, 7) is 3.97. The first-order valence-corrected chi connectivity index (χ1v) is 9.98. The van der Waals surface area contributed by atoms with Crippen LogP contribution >= 0.6 is 22.4 Å². The molecule has 0 aliphatic rings. The second-order valence-corrected chi connectivity index (χ2v) is 8.83. The van der Waals surface area contributed by atoms with Crippen LogP contribution in [-0.2, 0) is 9.05 Å². The number of halogens is 1. The second kappa shape index (κ2) is 7.04. The molecule has 0 aliphatic carbocycles. The average Bonchev–Trinajstić information content (AvgIpc) is 2.48. The zero-order chi connectivity index (χ0) is 18.1. The van der Waals surface area contributed by atoms with Crippen molar-refractivity contribution in [2.45, 2.75) is 34.5 Å². The van der Waals surface area contributed by atoms with Crippen LogP contribution in [0.5, 0.6) is 5.75 Å². The van der Waals surface area contributed by atoms with Crippen LogP contribution in [0.1, 0.15) is 25.3 Å². The molecule has 0 saturated heterocycles. The minimum absolute atomic E-state index is 0.0692. The molecule has 130 valence electrons. The van der Waals surface area contributed by atoms with Crippen LogP contribution in [0, 0.1) is 0 Å². The predicted molar refractivity (Wildman–Crippen MR) is 95.1 cm³/mol. The molecule has 7 nitrogen and oxygen atoms in total. The number of hydrogen-bond acceptors (Lipinski definition) is 8. The summed E-state index contributed by atoms with van der Waals surface area (Å²) in [5.74, 6) is 0.594. The highest BCUT2D eigenvalue weighted by molar-refractivity contribution is 8.13. The molecule has 0 aliphatic heterocycles. The Kier molecular flexibility index (Phi) is 5.46. The molecule has 0 atom stereocenters. The Morgan fingerprint density at radius 3 is 2.42 bits per heavy atom. The smallest absolute Gasteiger partial charge is 0.265 e. The van der Waals surface area contributed by atoms with Gasteiger partial charge in [0.25, 0.3) is 9.05 Å². The van der Waals surface area contributed by atoms with E-state index in [-0.39, 0.29) is 28.3 Å². The van der Waals surface area contributed by atoms with Crippen LogP contribution in [0.25, 0.3) is 0 Å². The van der Waals surface area contributed by atoms with Crippen molar-refractivity contribution in [2.24, 2.45) is 0 Å². The normalized spacial score (nSPS) is 11.7. The SMILES string of the molecule is COc1cc(C(C)C)c(Sc2cnc(N)nc2N)cc1S(=O)(=O)Cl. The van der Waals surface area contributed by atoms with Crippen molar-refractivity contribution in [2.75, 3.05) is 18.6 Å². The monoisotopic (exact) mass is 388 g/mol. The van der Waals surface area contributed by atoms with Gasteiger partial charge in [-0.3, -0.25) is 0 Å². The number of nitrogens with two attached hydrogens (primary N) is 2. The van der Waals surface area contributed by atoms with Crippen molar-refractivity contribution in [1.29, 1.82) is 0 Å². The number of rotatable bonds is 5. The topological polar surface area (TPSA) is 121 Å². The lowest BCUT2D eigenvalue weighted by Gasteiger charge is -2.16.